The number of thiophene rings is 1. The van der Waals surface area contributed by atoms with Crippen LogP contribution in [0.4, 0.5) is 0 Å². The van der Waals surface area contributed by atoms with Gasteiger partial charge in [-0.05, 0) is 39.7 Å². The van der Waals surface area contributed by atoms with E-state index in [9.17, 15) is 9.90 Å². The van der Waals surface area contributed by atoms with Crippen molar-refractivity contribution in [2.24, 2.45) is 0 Å². The van der Waals surface area contributed by atoms with Crippen LogP contribution in [0.25, 0.3) is 11.6 Å². The molecule has 2 rings (SSSR count). The van der Waals surface area contributed by atoms with Crippen molar-refractivity contribution in [3.05, 3.63) is 56.7 Å². The number of halogens is 1. The highest BCUT2D eigenvalue weighted by molar-refractivity contribution is 9.11. The summed E-state index contributed by atoms with van der Waals surface area (Å²) in [4.78, 5) is 12.2. The van der Waals surface area contributed by atoms with Gasteiger partial charge in [0.25, 0.3) is 0 Å². The van der Waals surface area contributed by atoms with Crippen LogP contribution in [0, 0.1) is 0 Å². The van der Waals surface area contributed by atoms with E-state index in [1.54, 1.807) is 18.2 Å². The van der Waals surface area contributed by atoms with Crippen molar-refractivity contribution in [2.45, 2.75) is 0 Å². The van der Waals surface area contributed by atoms with Crippen molar-refractivity contribution in [1.82, 2.24) is 0 Å². The Morgan fingerprint density at radius 3 is 2.41 bits per heavy atom. The predicted molar refractivity (Wildman–Crippen MR) is 74.0 cm³/mol. The first kappa shape index (κ1) is 12.1. The molecule has 86 valence electrons. The summed E-state index contributed by atoms with van der Waals surface area (Å²) in [5.74, 6) is -0.916. The maximum Gasteiger partial charge on any atom is 0.336 e. The first-order chi connectivity index (χ1) is 8.16. The molecule has 1 aromatic heterocycles. The van der Waals surface area contributed by atoms with Crippen molar-refractivity contribution in [1.29, 1.82) is 0 Å². The van der Waals surface area contributed by atoms with Gasteiger partial charge in [-0.25, -0.2) is 4.79 Å². The molecule has 4 heteroatoms. The quantitative estimate of drug-likeness (QED) is 0.865. The van der Waals surface area contributed by atoms with Crippen LogP contribution >= 0.6 is 27.3 Å². The zero-order chi connectivity index (χ0) is 12.3. The van der Waals surface area contributed by atoms with Gasteiger partial charge < -0.3 is 5.11 Å². The molecular formula is C13H9BrO2S. The first-order valence-corrected chi connectivity index (χ1v) is 6.53. The van der Waals surface area contributed by atoms with E-state index < -0.39 is 5.97 Å². The summed E-state index contributed by atoms with van der Waals surface area (Å²) in [6, 6.07) is 12.9. The fourth-order valence-corrected chi connectivity index (χ4v) is 2.80. The van der Waals surface area contributed by atoms with E-state index in [1.807, 2.05) is 30.3 Å². The van der Waals surface area contributed by atoms with E-state index in [2.05, 4.69) is 15.9 Å². The van der Waals surface area contributed by atoms with Crippen LogP contribution in [0.2, 0.25) is 0 Å². The maximum absolute atomic E-state index is 11.2. The van der Waals surface area contributed by atoms with Crippen LogP contribution in [-0.2, 0) is 4.79 Å². The molecule has 0 bridgehead atoms. The lowest BCUT2D eigenvalue weighted by Gasteiger charge is -2.01. The molecule has 0 saturated heterocycles. The Hall–Kier alpha value is -1.39. The lowest BCUT2D eigenvalue weighted by molar-refractivity contribution is -0.130. The fourth-order valence-electron chi connectivity index (χ4n) is 1.43. The Morgan fingerprint density at radius 1 is 1.18 bits per heavy atom. The minimum atomic E-state index is -0.916. The standard InChI is InChI=1S/C13H9BrO2S/c14-12-7-6-10(17-12)8-11(13(15)16)9-4-2-1-3-5-9/h1-8H,(H,15,16)/b11-8-. The van der Waals surface area contributed by atoms with Gasteiger partial charge in [0.15, 0.2) is 0 Å². The number of carboxylic acid groups (broad SMARTS) is 1. The summed E-state index contributed by atoms with van der Waals surface area (Å²) in [7, 11) is 0. The number of carbonyl (C=O) groups is 1. The molecule has 0 aliphatic carbocycles. The third-order valence-electron chi connectivity index (χ3n) is 2.20. The van der Waals surface area contributed by atoms with Gasteiger partial charge in [-0.2, -0.15) is 0 Å². The molecule has 2 aromatic rings. The summed E-state index contributed by atoms with van der Waals surface area (Å²) in [5.41, 5.74) is 1.02. The van der Waals surface area contributed by atoms with Gasteiger partial charge in [-0.3, -0.25) is 0 Å². The van der Waals surface area contributed by atoms with Crippen molar-refractivity contribution in [2.75, 3.05) is 0 Å². The molecule has 1 aromatic carbocycles. The topological polar surface area (TPSA) is 37.3 Å². The lowest BCUT2D eigenvalue weighted by Crippen LogP contribution is -1.98. The van der Waals surface area contributed by atoms with Crippen molar-refractivity contribution >= 4 is 44.9 Å². The van der Waals surface area contributed by atoms with E-state index in [0.29, 0.717) is 11.1 Å². The van der Waals surface area contributed by atoms with Crippen molar-refractivity contribution in [3.63, 3.8) is 0 Å². The smallest absolute Gasteiger partial charge is 0.336 e. The van der Waals surface area contributed by atoms with Crippen LogP contribution < -0.4 is 0 Å². The molecule has 0 atom stereocenters. The van der Waals surface area contributed by atoms with Gasteiger partial charge in [0.2, 0.25) is 0 Å². The minimum absolute atomic E-state index is 0.306. The monoisotopic (exact) mass is 308 g/mol. The summed E-state index contributed by atoms with van der Waals surface area (Å²) in [6.07, 6.45) is 1.69. The second kappa shape index (κ2) is 5.29. The number of hydrogen-bond acceptors (Lipinski definition) is 2. The Bertz CT molecular complexity index is 558. The molecule has 0 spiro atoms. The highest BCUT2D eigenvalue weighted by Crippen LogP contribution is 2.26. The van der Waals surface area contributed by atoms with E-state index in [1.165, 1.54) is 11.3 Å². The second-order valence-corrected chi connectivity index (χ2v) is 5.87. The van der Waals surface area contributed by atoms with E-state index >= 15 is 0 Å². The number of aliphatic carboxylic acids is 1. The Balaban J connectivity index is 2.43. The first-order valence-electron chi connectivity index (χ1n) is 4.92. The molecule has 2 nitrogen and oxygen atoms in total. The van der Waals surface area contributed by atoms with Gasteiger partial charge in [0, 0.05) is 4.88 Å². The molecule has 0 amide bonds. The zero-order valence-electron chi connectivity index (χ0n) is 8.76. The average Bonchev–Trinajstić information content (AvgIpc) is 2.73. The average molecular weight is 309 g/mol. The molecule has 0 saturated carbocycles. The molecule has 0 radical (unpaired) electrons. The molecule has 1 heterocycles. The fraction of sp³-hybridized carbons (Fsp3) is 0. The van der Waals surface area contributed by atoms with Crippen LogP contribution in [-0.4, -0.2) is 11.1 Å². The summed E-state index contributed by atoms with van der Waals surface area (Å²) < 4.78 is 0.988. The number of benzene rings is 1. The largest absolute Gasteiger partial charge is 0.478 e. The third kappa shape index (κ3) is 3.05. The van der Waals surface area contributed by atoms with E-state index in [0.717, 1.165) is 8.66 Å². The highest BCUT2D eigenvalue weighted by atomic mass is 79.9. The normalized spacial score (nSPS) is 11.5. The van der Waals surface area contributed by atoms with Gasteiger partial charge in [-0.15, -0.1) is 11.3 Å². The van der Waals surface area contributed by atoms with Crippen LogP contribution in [0.5, 0.6) is 0 Å². The summed E-state index contributed by atoms with van der Waals surface area (Å²) in [6.45, 7) is 0. The zero-order valence-corrected chi connectivity index (χ0v) is 11.2. The molecule has 17 heavy (non-hydrogen) atoms. The SMILES string of the molecule is O=C(O)/C(=C\c1ccc(Br)s1)c1ccccc1. The lowest BCUT2D eigenvalue weighted by atomic mass is 10.1. The molecular weight excluding hydrogens is 300 g/mol. The molecule has 0 unspecified atom stereocenters. The maximum atomic E-state index is 11.2. The molecule has 0 aliphatic heterocycles. The van der Waals surface area contributed by atoms with Crippen LogP contribution in [0.3, 0.4) is 0 Å². The van der Waals surface area contributed by atoms with Crippen LogP contribution in [0.1, 0.15) is 10.4 Å². The molecule has 1 N–H and O–H groups in total. The summed E-state index contributed by atoms with van der Waals surface area (Å²) in [5, 5.41) is 9.22. The highest BCUT2D eigenvalue weighted by Gasteiger charge is 2.10. The Morgan fingerprint density at radius 2 is 1.88 bits per heavy atom. The Labute approximate surface area is 111 Å². The van der Waals surface area contributed by atoms with Gasteiger partial charge in [0.05, 0.1) is 9.36 Å². The number of rotatable bonds is 3. The van der Waals surface area contributed by atoms with E-state index in [-0.39, 0.29) is 0 Å². The molecule has 0 aliphatic rings. The second-order valence-electron chi connectivity index (χ2n) is 3.37. The van der Waals surface area contributed by atoms with Crippen LogP contribution in [0.15, 0.2) is 46.3 Å². The third-order valence-corrected chi connectivity index (χ3v) is 3.77. The molecule has 0 fully saturated rings. The van der Waals surface area contributed by atoms with Crippen molar-refractivity contribution < 1.29 is 9.90 Å². The van der Waals surface area contributed by atoms with Crippen molar-refractivity contribution in [3.8, 4) is 0 Å². The number of carboxylic acids is 1. The van der Waals surface area contributed by atoms with Gasteiger partial charge in [-0.1, -0.05) is 30.3 Å². The predicted octanol–water partition coefficient (Wildman–Crippen LogP) is 4.14. The minimum Gasteiger partial charge on any atom is -0.478 e. The van der Waals surface area contributed by atoms with Gasteiger partial charge in [0.1, 0.15) is 0 Å². The van der Waals surface area contributed by atoms with Gasteiger partial charge >= 0.3 is 5.97 Å². The van der Waals surface area contributed by atoms with E-state index in [4.69, 9.17) is 0 Å². The Kier molecular flexibility index (Phi) is 3.76. The summed E-state index contributed by atoms with van der Waals surface area (Å²) >= 11 is 4.86. The number of hydrogen-bond donors (Lipinski definition) is 1.